The first-order valence-corrected chi connectivity index (χ1v) is 11.4. The molecule has 3 rings (SSSR count). The number of benzene rings is 1. The van der Waals surface area contributed by atoms with Crippen LogP contribution in [0.2, 0.25) is 0 Å². The van der Waals surface area contributed by atoms with Crippen LogP contribution in [-0.4, -0.2) is 67.5 Å². The monoisotopic (exact) mass is 429 g/mol. The summed E-state index contributed by atoms with van der Waals surface area (Å²) in [5, 5.41) is 0. The van der Waals surface area contributed by atoms with Gasteiger partial charge in [-0.1, -0.05) is 11.3 Å². The number of sulfone groups is 1. The number of aromatic nitrogens is 1. The molecule has 0 spiro atoms. The average molecular weight is 429 g/mol. The molecule has 152 valence electrons. The minimum atomic E-state index is -3.95. The van der Waals surface area contributed by atoms with Gasteiger partial charge in [0.2, 0.25) is 5.91 Å². The standard InChI is InChI=1S/C17H20FN3O5S2/c1-2-21-13-4-3-12(18)9-14(13)27-17(21)19-15(22)10-28(24,25)11-16(23)20-5-7-26-8-6-20/h3-4,9H,2,5-8,10-11H2,1H3. The molecule has 28 heavy (non-hydrogen) atoms. The fraction of sp³-hybridized carbons (Fsp3) is 0.471. The zero-order valence-corrected chi connectivity index (χ0v) is 16.9. The molecule has 8 nitrogen and oxygen atoms in total. The van der Waals surface area contributed by atoms with Crippen LogP contribution in [0.15, 0.2) is 23.2 Å². The molecule has 0 aliphatic carbocycles. The summed E-state index contributed by atoms with van der Waals surface area (Å²) in [6.07, 6.45) is 0. The summed E-state index contributed by atoms with van der Waals surface area (Å²) in [5.41, 5.74) is 0.714. The lowest BCUT2D eigenvalue weighted by Gasteiger charge is -2.26. The number of thiazole rings is 1. The highest BCUT2D eigenvalue weighted by Gasteiger charge is 2.25. The van der Waals surface area contributed by atoms with Crippen molar-refractivity contribution >= 4 is 43.2 Å². The van der Waals surface area contributed by atoms with Crippen LogP contribution in [0, 0.1) is 5.82 Å². The van der Waals surface area contributed by atoms with Crippen molar-refractivity contribution in [3.05, 3.63) is 28.8 Å². The second kappa shape index (κ2) is 8.50. The first-order chi connectivity index (χ1) is 13.3. The lowest BCUT2D eigenvalue weighted by Crippen LogP contribution is -2.43. The Hall–Kier alpha value is -2.11. The lowest BCUT2D eigenvalue weighted by atomic mass is 10.3. The van der Waals surface area contributed by atoms with E-state index in [1.807, 2.05) is 6.92 Å². The van der Waals surface area contributed by atoms with Gasteiger partial charge in [0.05, 0.1) is 23.4 Å². The van der Waals surface area contributed by atoms with E-state index in [1.165, 1.54) is 17.0 Å². The first kappa shape index (κ1) is 20.6. The van der Waals surface area contributed by atoms with Gasteiger partial charge in [-0.2, -0.15) is 4.99 Å². The third-order valence-electron chi connectivity index (χ3n) is 4.23. The first-order valence-electron chi connectivity index (χ1n) is 8.71. The smallest absolute Gasteiger partial charge is 0.263 e. The Labute approximate surface area is 165 Å². The van der Waals surface area contributed by atoms with Gasteiger partial charge >= 0.3 is 0 Å². The maximum atomic E-state index is 13.4. The molecule has 2 aromatic rings. The van der Waals surface area contributed by atoms with Gasteiger partial charge in [-0.3, -0.25) is 9.59 Å². The van der Waals surface area contributed by atoms with Gasteiger partial charge in [-0.05, 0) is 25.1 Å². The molecular formula is C17H20FN3O5S2. The van der Waals surface area contributed by atoms with Gasteiger partial charge < -0.3 is 14.2 Å². The van der Waals surface area contributed by atoms with Crippen molar-refractivity contribution in [3.8, 4) is 0 Å². The molecule has 0 N–H and O–H groups in total. The summed E-state index contributed by atoms with van der Waals surface area (Å²) in [4.78, 5) is 29.9. The van der Waals surface area contributed by atoms with E-state index in [0.29, 0.717) is 47.9 Å². The molecule has 1 aromatic carbocycles. The zero-order chi connectivity index (χ0) is 20.3. The van der Waals surface area contributed by atoms with E-state index < -0.39 is 39.0 Å². The van der Waals surface area contributed by atoms with Crippen LogP contribution in [0.1, 0.15) is 6.92 Å². The number of nitrogens with zero attached hydrogens (tertiary/aromatic N) is 3. The van der Waals surface area contributed by atoms with E-state index in [9.17, 15) is 22.4 Å². The Kier molecular flexibility index (Phi) is 6.26. The molecule has 11 heteroatoms. The van der Waals surface area contributed by atoms with Crippen molar-refractivity contribution < 1.29 is 27.1 Å². The van der Waals surface area contributed by atoms with Gasteiger partial charge in [-0.25, -0.2) is 12.8 Å². The van der Waals surface area contributed by atoms with Crippen molar-refractivity contribution in [2.75, 3.05) is 37.8 Å². The molecule has 1 fully saturated rings. The minimum Gasteiger partial charge on any atom is -0.378 e. The Morgan fingerprint density at radius 3 is 2.64 bits per heavy atom. The van der Waals surface area contributed by atoms with Crippen LogP contribution < -0.4 is 4.80 Å². The Balaban J connectivity index is 1.77. The average Bonchev–Trinajstić information content (AvgIpc) is 2.97. The molecule has 0 bridgehead atoms. The topological polar surface area (TPSA) is 98.0 Å². The third-order valence-corrected chi connectivity index (χ3v) is 6.65. The Morgan fingerprint density at radius 2 is 1.96 bits per heavy atom. The van der Waals surface area contributed by atoms with Crippen LogP contribution in [0.25, 0.3) is 10.2 Å². The zero-order valence-electron chi connectivity index (χ0n) is 15.3. The van der Waals surface area contributed by atoms with Gasteiger partial charge in [-0.15, -0.1) is 0 Å². The largest absolute Gasteiger partial charge is 0.378 e. The summed E-state index contributed by atoms with van der Waals surface area (Å²) >= 11 is 1.11. The molecule has 1 aliphatic heterocycles. The van der Waals surface area contributed by atoms with Crippen molar-refractivity contribution in [1.29, 1.82) is 0 Å². The molecule has 2 heterocycles. The number of halogens is 1. The second-order valence-electron chi connectivity index (χ2n) is 6.27. The molecule has 1 aromatic heterocycles. The van der Waals surface area contributed by atoms with E-state index >= 15 is 0 Å². The number of hydrogen-bond donors (Lipinski definition) is 0. The minimum absolute atomic E-state index is 0.294. The Bertz CT molecular complexity index is 1070. The molecule has 0 radical (unpaired) electrons. The number of rotatable bonds is 5. The predicted molar refractivity (Wildman–Crippen MR) is 102 cm³/mol. The van der Waals surface area contributed by atoms with Crippen LogP contribution in [0.4, 0.5) is 4.39 Å². The van der Waals surface area contributed by atoms with Crippen molar-refractivity contribution in [2.45, 2.75) is 13.5 Å². The highest BCUT2D eigenvalue weighted by atomic mass is 32.2. The highest BCUT2D eigenvalue weighted by molar-refractivity contribution is 7.92. The quantitative estimate of drug-likeness (QED) is 0.692. The number of amides is 2. The number of ether oxygens (including phenoxy) is 1. The van der Waals surface area contributed by atoms with Gasteiger partial charge in [0.15, 0.2) is 14.6 Å². The van der Waals surface area contributed by atoms with Crippen molar-refractivity contribution in [2.24, 2.45) is 4.99 Å². The van der Waals surface area contributed by atoms with E-state index in [1.54, 1.807) is 10.6 Å². The number of morpholine rings is 1. The summed E-state index contributed by atoms with van der Waals surface area (Å²) in [7, 11) is -3.95. The summed E-state index contributed by atoms with van der Waals surface area (Å²) in [6, 6.07) is 4.24. The van der Waals surface area contributed by atoms with Crippen molar-refractivity contribution in [1.82, 2.24) is 9.47 Å². The normalized spacial score (nSPS) is 15.9. The van der Waals surface area contributed by atoms with Gasteiger partial charge in [0.25, 0.3) is 5.91 Å². The summed E-state index contributed by atoms with van der Waals surface area (Å²) < 4.78 is 45.4. The van der Waals surface area contributed by atoms with Gasteiger partial charge in [0, 0.05) is 19.6 Å². The van der Waals surface area contributed by atoms with Crippen LogP contribution in [-0.2, 0) is 30.7 Å². The third kappa shape index (κ3) is 4.83. The molecule has 1 aliphatic rings. The summed E-state index contributed by atoms with van der Waals surface area (Å²) in [5.74, 6) is -3.39. The number of aryl methyl sites for hydroxylation is 1. The SMILES string of the molecule is CCn1c(=NC(=O)CS(=O)(=O)CC(=O)N2CCOCC2)sc2cc(F)ccc21. The predicted octanol–water partition coefficient (Wildman–Crippen LogP) is 0.563. The fourth-order valence-corrected chi connectivity index (χ4v) is 5.15. The van der Waals surface area contributed by atoms with E-state index in [4.69, 9.17) is 4.74 Å². The van der Waals surface area contributed by atoms with Crippen LogP contribution in [0.3, 0.4) is 0 Å². The van der Waals surface area contributed by atoms with E-state index in [2.05, 4.69) is 4.99 Å². The molecule has 1 saturated heterocycles. The molecule has 0 unspecified atom stereocenters. The van der Waals surface area contributed by atoms with E-state index in [-0.39, 0.29) is 0 Å². The maximum Gasteiger partial charge on any atom is 0.263 e. The highest BCUT2D eigenvalue weighted by Crippen LogP contribution is 2.18. The van der Waals surface area contributed by atoms with Gasteiger partial charge in [0.1, 0.15) is 17.3 Å². The molecule has 0 saturated carbocycles. The number of hydrogen-bond acceptors (Lipinski definition) is 6. The second-order valence-corrected chi connectivity index (χ2v) is 9.35. The van der Waals surface area contributed by atoms with E-state index in [0.717, 1.165) is 11.3 Å². The van der Waals surface area contributed by atoms with Crippen LogP contribution >= 0.6 is 11.3 Å². The van der Waals surface area contributed by atoms with Crippen molar-refractivity contribution in [3.63, 3.8) is 0 Å². The van der Waals surface area contributed by atoms with Crippen LogP contribution in [0.5, 0.6) is 0 Å². The fourth-order valence-electron chi connectivity index (χ4n) is 2.91. The molecular weight excluding hydrogens is 409 g/mol. The number of carbonyl (C=O) groups is 2. The molecule has 2 amide bonds. The lowest BCUT2D eigenvalue weighted by molar-refractivity contribution is -0.132. The molecule has 0 atom stereocenters. The summed E-state index contributed by atoms with van der Waals surface area (Å²) in [6.45, 7) is 3.73. The maximum absolute atomic E-state index is 13.4. The Morgan fingerprint density at radius 1 is 1.25 bits per heavy atom. The number of fused-ring (bicyclic) bond motifs is 1. The number of carbonyl (C=O) groups excluding carboxylic acids is 2.